The molecule has 19 heavy (non-hydrogen) atoms. The van der Waals surface area contributed by atoms with Crippen molar-refractivity contribution in [2.45, 2.75) is 80.6 Å². The van der Waals surface area contributed by atoms with Crippen molar-refractivity contribution < 1.29 is 0 Å². The van der Waals surface area contributed by atoms with Crippen molar-refractivity contribution in [1.82, 2.24) is 0 Å². The molecule has 0 nitrogen and oxygen atoms in total. The summed E-state index contributed by atoms with van der Waals surface area (Å²) >= 11 is 0. The molecular weight excluding hydrogens is 228 g/mol. The molecule has 0 aliphatic heterocycles. The molecule has 3 aliphatic carbocycles. The number of hydrogen-bond donors (Lipinski definition) is 0. The molecular formula is C19H34. The first-order chi connectivity index (χ1) is 8.76. The standard InChI is InChI=1S/C13H22.C4H6.C2H6/c1-11(2)7-12(3)5-9-6-13(4,8-11)10(9)12;1-3-4-2;1-2/h9-10H,5-8H2,1-4H3;1H,4H2,2H3;1-2H3. The first kappa shape index (κ1) is 16.6. The van der Waals surface area contributed by atoms with E-state index in [1.54, 1.807) is 0 Å². The fourth-order valence-electron chi connectivity index (χ4n) is 6.03. The van der Waals surface area contributed by atoms with E-state index in [4.69, 9.17) is 6.42 Å². The van der Waals surface area contributed by atoms with Gasteiger partial charge in [0.05, 0.1) is 0 Å². The van der Waals surface area contributed by atoms with Gasteiger partial charge in [-0.25, -0.2) is 0 Å². The third kappa shape index (κ3) is 2.86. The maximum absolute atomic E-state index is 4.78. The minimum absolute atomic E-state index is 0.616. The minimum atomic E-state index is 0.616. The van der Waals surface area contributed by atoms with Gasteiger partial charge in [0.2, 0.25) is 0 Å². The molecule has 0 aromatic carbocycles. The molecule has 0 aromatic rings. The predicted octanol–water partition coefficient (Wildman–Crippen LogP) is 5.91. The largest absolute Gasteiger partial charge is 0.120 e. The highest BCUT2D eigenvalue weighted by Crippen LogP contribution is 2.78. The zero-order valence-corrected chi connectivity index (χ0v) is 14.3. The van der Waals surface area contributed by atoms with E-state index in [1.165, 1.54) is 25.7 Å². The third-order valence-electron chi connectivity index (χ3n) is 5.40. The Morgan fingerprint density at radius 1 is 1.00 bits per heavy atom. The quantitative estimate of drug-likeness (QED) is 0.476. The molecule has 0 aromatic heterocycles. The van der Waals surface area contributed by atoms with Gasteiger partial charge in [-0.2, -0.15) is 0 Å². The van der Waals surface area contributed by atoms with Crippen LogP contribution in [0.15, 0.2) is 0 Å². The van der Waals surface area contributed by atoms with Crippen molar-refractivity contribution in [2.24, 2.45) is 28.1 Å². The van der Waals surface area contributed by atoms with Gasteiger partial charge in [0, 0.05) is 6.42 Å². The topological polar surface area (TPSA) is 0 Å². The van der Waals surface area contributed by atoms with E-state index in [2.05, 4.69) is 33.6 Å². The second kappa shape index (κ2) is 5.51. The first-order valence-corrected chi connectivity index (χ1v) is 8.20. The minimum Gasteiger partial charge on any atom is -0.120 e. The molecule has 2 unspecified atom stereocenters. The van der Waals surface area contributed by atoms with Crippen LogP contribution in [0, 0.1) is 40.4 Å². The lowest BCUT2D eigenvalue weighted by Gasteiger charge is -2.75. The molecule has 0 heterocycles. The summed E-state index contributed by atoms with van der Waals surface area (Å²) in [4.78, 5) is 0. The summed E-state index contributed by atoms with van der Waals surface area (Å²) < 4.78 is 0. The molecule has 3 rings (SSSR count). The molecule has 0 radical (unpaired) electrons. The van der Waals surface area contributed by atoms with Gasteiger partial charge in [-0.3, -0.25) is 0 Å². The molecule has 3 aliphatic rings. The highest BCUT2D eigenvalue weighted by atomic mass is 14.7. The van der Waals surface area contributed by atoms with Crippen LogP contribution in [0.4, 0.5) is 0 Å². The van der Waals surface area contributed by atoms with Gasteiger partial charge in [-0.05, 0) is 53.8 Å². The second-order valence-corrected chi connectivity index (χ2v) is 8.03. The zero-order chi connectivity index (χ0) is 14.9. The van der Waals surface area contributed by atoms with Crippen molar-refractivity contribution in [1.29, 1.82) is 0 Å². The molecule has 2 atom stereocenters. The van der Waals surface area contributed by atoms with Gasteiger partial charge in [0.25, 0.3) is 0 Å². The fraction of sp³-hybridized carbons (Fsp3) is 0.895. The van der Waals surface area contributed by atoms with Crippen LogP contribution in [-0.2, 0) is 0 Å². The van der Waals surface area contributed by atoms with Crippen LogP contribution in [0.2, 0.25) is 0 Å². The smallest absolute Gasteiger partial charge is 0.00576 e. The van der Waals surface area contributed by atoms with Gasteiger partial charge in [0.1, 0.15) is 0 Å². The van der Waals surface area contributed by atoms with E-state index in [-0.39, 0.29) is 0 Å². The van der Waals surface area contributed by atoms with Crippen LogP contribution >= 0.6 is 0 Å². The maximum atomic E-state index is 4.78. The summed E-state index contributed by atoms with van der Waals surface area (Å²) in [6.45, 7) is 16.0. The van der Waals surface area contributed by atoms with E-state index in [9.17, 15) is 0 Å². The molecule has 0 N–H and O–H groups in total. The highest BCUT2D eigenvalue weighted by Gasteiger charge is 2.69. The molecule has 0 saturated heterocycles. The van der Waals surface area contributed by atoms with Crippen molar-refractivity contribution in [3.05, 3.63) is 0 Å². The molecule has 0 spiro atoms. The Hall–Kier alpha value is -0.440. The van der Waals surface area contributed by atoms with Crippen LogP contribution in [-0.4, -0.2) is 0 Å². The maximum Gasteiger partial charge on any atom is 0.00576 e. The molecule has 0 amide bonds. The summed E-state index contributed by atoms with van der Waals surface area (Å²) in [7, 11) is 0. The monoisotopic (exact) mass is 262 g/mol. The van der Waals surface area contributed by atoms with Crippen molar-refractivity contribution >= 4 is 0 Å². The Bertz CT molecular complexity index is 322. The van der Waals surface area contributed by atoms with E-state index in [0.29, 0.717) is 5.41 Å². The third-order valence-corrected chi connectivity index (χ3v) is 5.40. The van der Waals surface area contributed by atoms with Gasteiger partial charge in [0.15, 0.2) is 0 Å². The summed E-state index contributed by atoms with van der Waals surface area (Å²) in [5.41, 5.74) is 2.09. The van der Waals surface area contributed by atoms with Gasteiger partial charge in [-0.15, -0.1) is 12.3 Å². The molecule has 3 fully saturated rings. The van der Waals surface area contributed by atoms with E-state index in [1.807, 2.05) is 20.8 Å². The van der Waals surface area contributed by atoms with Crippen molar-refractivity contribution in [3.8, 4) is 12.3 Å². The summed E-state index contributed by atoms with van der Waals surface area (Å²) in [5.74, 6) is 4.67. The summed E-state index contributed by atoms with van der Waals surface area (Å²) in [5, 5.41) is 0. The lowest BCUT2D eigenvalue weighted by Crippen LogP contribution is -2.67. The van der Waals surface area contributed by atoms with Crippen LogP contribution in [0.1, 0.15) is 80.6 Å². The van der Waals surface area contributed by atoms with Crippen LogP contribution in [0.25, 0.3) is 0 Å². The summed E-state index contributed by atoms with van der Waals surface area (Å²) in [6, 6.07) is 0. The highest BCUT2D eigenvalue weighted by molar-refractivity contribution is 5.18. The molecule has 3 saturated carbocycles. The average Bonchev–Trinajstić information content (AvgIpc) is 2.26. The van der Waals surface area contributed by atoms with E-state index in [0.717, 1.165) is 29.1 Å². The number of hydrogen-bond acceptors (Lipinski definition) is 0. The SMILES string of the molecule is C#CCC.CC.CC1(C)CC2(C)CC3CC(C)(C1)C32. The lowest BCUT2D eigenvalue weighted by molar-refractivity contribution is -0.264. The van der Waals surface area contributed by atoms with E-state index >= 15 is 0 Å². The lowest BCUT2D eigenvalue weighted by atomic mass is 9.29. The van der Waals surface area contributed by atoms with Gasteiger partial charge >= 0.3 is 0 Å². The van der Waals surface area contributed by atoms with Crippen LogP contribution in [0.3, 0.4) is 0 Å². The Balaban J connectivity index is 0.000000262. The first-order valence-electron chi connectivity index (χ1n) is 8.20. The predicted molar refractivity (Wildman–Crippen MR) is 85.9 cm³/mol. The Labute approximate surface area is 121 Å². The van der Waals surface area contributed by atoms with Crippen molar-refractivity contribution in [3.63, 3.8) is 0 Å². The Morgan fingerprint density at radius 2 is 1.37 bits per heavy atom. The summed E-state index contributed by atoms with van der Waals surface area (Å²) in [6.07, 6.45) is 11.7. The van der Waals surface area contributed by atoms with E-state index < -0.39 is 0 Å². The molecule has 0 bridgehead atoms. The normalized spacial score (nSPS) is 43.7. The molecule has 110 valence electrons. The molecule has 0 heteroatoms. The van der Waals surface area contributed by atoms with Gasteiger partial charge < -0.3 is 0 Å². The Kier molecular flexibility index (Phi) is 4.82. The fourth-order valence-corrected chi connectivity index (χ4v) is 6.03. The van der Waals surface area contributed by atoms with Crippen LogP contribution in [0.5, 0.6) is 0 Å². The van der Waals surface area contributed by atoms with Crippen LogP contribution < -0.4 is 0 Å². The van der Waals surface area contributed by atoms with Crippen molar-refractivity contribution in [2.75, 3.05) is 0 Å². The number of rotatable bonds is 0. The second-order valence-electron chi connectivity index (χ2n) is 8.03. The zero-order valence-electron chi connectivity index (χ0n) is 14.3. The van der Waals surface area contributed by atoms with Gasteiger partial charge in [-0.1, -0.05) is 48.5 Å². The number of terminal acetylenes is 1. The Morgan fingerprint density at radius 3 is 1.63 bits per heavy atom. The average molecular weight is 262 g/mol.